The van der Waals surface area contributed by atoms with Crippen molar-refractivity contribution in [3.8, 4) is 5.75 Å². The van der Waals surface area contributed by atoms with Gasteiger partial charge in [0.1, 0.15) is 12.4 Å². The maximum atomic E-state index is 14.6. The van der Waals surface area contributed by atoms with Crippen LogP contribution >= 0.6 is 0 Å². The molecule has 8 nitrogen and oxygen atoms in total. The number of benzene rings is 3. The van der Waals surface area contributed by atoms with E-state index in [1.807, 2.05) is 65.6 Å². The Kier molecular flexibility index (Phi) is 7.23. The highest BCUT2D eigenvalue weighted by Crippen LogP contribution is 2.59. The first-order valence-corrected chi connectivity index (χ1v) is 14.6. The number of ether oxygens (including phenoxy) is 3. The molecule has 220 valence electrons. The van der Waals surface area contributed by atoms with Gasteiger partial charge < -0.3 is 24.2 Å². The molecule has 2 amide bonds. The number of anilines is 2. The highest BCUT2D eigenvalue weighted by Gasteiger charge is 2.65. The predicted octanol–water partition coefficient (Wildman–Crippen LogP) is 5.41. The van der Waals surface area contributed by atoms with Crippen molar-refractivity contribution >= 4 is 23.4 Å². The number of carbonyl (C=O) groups is 2. The molecule has 0 unspecified atom stereocenters. The van der Waals surface area contributed by atoms with Crippen molar-refractivity contribution in [2.45, 2.75) is 50.9 Å². The van der Waals surface area contributed by atoms with Crippen LogP contribution in [0.2, 0.25) is 0 Å². The van der Waals surface area contributed by atoms with E-state index in [1.165, 1.54) is 0 Å². The molecule has 0 aliphatic carbocycles. The van der Waals surface area contributed by atoms with E-state index in [0.717, 1.165) is 33.8 Å². The molecule has 3 aliphatic rings. The second kappa shape index (κ2) is 10.7. The second-order valence-electron chi connectivity index (χ2n) is 12.0. The van der Waals surface area contributed by atoms with Gasteiger partial charge in [-0.1, -0.05) is 63.2 Å². The van der Waals surface area contributed by atoms with Gasteiger partial charge in [-0.05, 0) is 53.3 Å². The minimum Gasteiger partial charge on any atom is -0.497 e. The summed E-state index contributed by atoms with van der Waals surface area (Å²) in [5.74, 6) is 0.486. The minimum absolute atomic E-state index is 0.0287. The number of nitrogens with zero attached hydrogens (tertiary/aromatic N) is 2. The molecule has 1 spiro atoms. The molecule has 0 aromatic heterocycles. The zero-order chi connectivity index (χ0) is 29.6. The van der Waals surface area contributed by atoms with E-state index in [2.05, 4.69) is 32.9 Å². The summed E-state index contributed by atoms with van der Waals surface area (Å²) >= 11 is 0. The number of hydrogen-bond acceptors (Lipinski definition) is 6. The van der Waals surface area contributed by atoms with Gasteiger partial charge in [0.05, 0.1) is 32.0 Å². The number of fused-ring (bicyclic) bond motifs is 2. The largest absolute Gasteiger partial charge is 0.497 e. The van der Waals surface area contributed by atoms with E-state index in [9.17, 15) is 14.7 Å². The normalized spacial score (nSPS) is 25.3. The first kappa shape index (κ1) is 28.2. The SMILES string of the molecule is COc1ccc(C(C)(C)[C@@H]2[C@@H](CCO)O[C@]3(C(=O)N(Cc4ccc(N5CCOC5=O)cc4)c4ccccc43)[C@H]2C)cc1. The summed E-state index contributed by atoms with van der Waals surface area (Å²) in [6.07, 6.45) is -0.226. The third-order valence-electron chi connectivity index (χ3n) is 9.51. The predicted molar refractivity (Wildman–Crippen MR) is 160 cm³/mol. The number of aliphatic hydroxyl groups is 1. The lowest BCUT2D eigenvalue weighted by molar-refractivity contribution is -0.146. The van der Waals surface area contributed by atoms with Crippen LogP contribution in [0.15, 0.2) is 72.8 Å². The Balaban J connectivity index is 1.34. The Labute approximate surface area is 246 Å². The van der Waals surface area contributed by atoms with Crippen LogP contribution in [0.4, 0.5) is 16.2 Å². The zero-order valence-electron chi connectivity index (χ0n) is 24.6. The quantitative estimate of drug-likeness (QED) is 0.390. The fraction of sp³-hybridized carbons (Fsp3) is 0.412. The van der Waals surface area contributed by atoms with Crippen LogP contribution < -0.4 is 14.5 Å². The summed E-state index contributed by atoms with van der Waals surface area (Å²) in [5.41, 5.74) is 3.03. The Morgan fingerprint density at radius 3 is 2.38 bits per heavy atom. The van der Waals surface area contributed by atoms with Gasteiger partial charge in [-0.25, -0.2) is 4.79 Å². The van der Waals surface area contributed by atoms with Crippen LogP contribution in [0.25, 0.3) is 0 Å². The summed E-state index contributed by atoms with van der Waals surface area (Å²) in [6, 6.07) is 23.7. The molecule has 4 atom stereocenters. The summed E-state index contributed by atoms with van der Waals surface area (Å²) in [7, 11) is 1.65. The van der Waals surface area contributed by atoms with Crippen molar-refractivity contribution < 1.29 is 28.9 Å². The first-order valence-electron chi connectivity index (χ1n) is 14.6. The van der Waals surface area contributed by atoms with Crippen molar-refractivity contribution in [1.29, 1.82) is 0 Å². The standard InChI is InChI=1S/C34H38N2O6/c1-22-30(33(2,3)24-11-15-26(40-4)16-12-24)29(17-19-37)42-34(22)27-7-5-6-8-28(27)36(31(34)38)21-23-9-13-25(14-10-23)35-18-20-41-32(35)39/h5-16,22,29-30,37H,17-21H2,1-4H3/t22-,29+,30-,34+/m0/s1. The number of para-hydroxylation sites is 1. The van der Waals surface area contributed by atoms with E-state index in [-0.39, 0.29) is 42.0 Å². The van der Waals surface area contributed by atoms with E-state index in [4.69, 9.17) is 14.2 Å². The maximum Gasteiger partial charge on any atom is 0.414 e. The van der Waals surface area contributed by atoms with Crippen molar-refractivity contribution in [3.05, 3.63) is 89.5 Å². The molecule has 1 N–H and O–H groups in total. The molecule has 3 aromatic carbocycles. The van der Waals surface area contributed by atoms with E-state index < -0.39 is 5.60 Å². The third-order valence-corrected chi connectivity index (χ3v) is 9.51. The van der Waals surface area contributed by atoms with Gasteiger partial charge in [-0.2, -0.15) is 0 Å². The minimum atomic E-state index is -1.16. The summed E-state index contributed by atoms with van der Waals surface area (Å²) < 4.78 is 17.4. The van der Waals surface area contributed by atoms with Crippen molar-refractivity contribution in [1.82, 2.24) is 0 Å². The number of cyclic esters (lactones) is 1. The monoisotopic (exact) mass is 570 g/mol. The third kappa shape index (κ3) is 4.36. The molecule has 6 rings (SSSR count). The summed E-state index contributed by atoms with van der Waals surface area (Å²) in [5, 5.41) is 10.1. The van der Waals surface area contributed by atoms with Crippen molar-refractivity contribution in [3.63, 3.8) is 0 Å². The Hall–Kier alpha value is -3.88. The first-order chi connectivity index (χ1) is 20.2. The van der Waals surface area contributed by atoms with Gasteiger partial charge >= 0.3 is 6.09 Å². The lowest BCUT2D eigenvalue weighted by Crippen LogP contribution is -2.45. The molecular formula is C34H38N2O6. The smallest absolute Gasteiger partial charge is 0.414 e. The van der Waals surface area contributed by atoms with Gasteiger partial charge in [0.25, 0.3) is 5.91 Å². The topological polar surface area (TPSA) is 88.5 Å². The average Bonchev–Trinajstić information content (AvgIpc) is 3.63. The Morgan fingerprint density at radius 2 is 1.74 bits per heavy atom. The molecule has 3 heterocycles. The molecule has 0 radical (unpaired) electrons. The Bertz CT molecular complexity index is 1470. The highest BCUT2D eigenvalue weighted by atomic mass is 16.6. The van der Waals surface area contributed by atoms with Gasteiger partial charge in [-0.15, -0.1) is 0 Å². The van der Waals surface area contributed by atoms with Gasteiger partial charge in [0.2, 0.25) is 0 Å². The molecule has 2 saturated heterocycles. The summed E-state index contributed by atoms with van der Waals surface area (Å²) in [4.78, 5) is 30.0. The van der Waals surface area contributed by atoms with Crippen LogP contribution in [0, 0.1) is 11.8 Å². The number of amides is 2. The number of hydrogen-bond donors (Lipinski definition) is 1. The summed E-state index contributed by atoms with van der Waals surface area (Å²) in [6.45, 7) is 7.77. The van der Waals surface area contributed by atoms with Gasteiger partial charge in [0, 0.05) is 29.7 Å². The van der Waals surface area contributed by atoms with Crippen LogP contribution in [-0.2, 0) is 31.8 Å². The van der Waals surface area contributed by atoms with Crippen LogP contribution in [0.1, 0.15) is 43.9 Å². The molecule has 0 saturated carbocycles. The van der Waals surface area contributed by atoms with E-state index in [0.29, 0.717) is 26.1 Å². The van der Waals surface area contributed by atoms with E-state index in [1.54, 1.807) is 12.0 Å². The Morgan fingerprint density at radius 1 is 1.02 bits per heavy atom. The lowest BCUT2D eigenvalue weighted by atomic mass is 9.63. The zero-order valence-corrected chi connectivity index (χ0v) is 24.6. The fourth-order valence-corrected chi connectivity index (χ4v) is 7.41. The molecule has 3 aromatic rings. The lowest BCUT2D eigenvalue weighted by Gasteiger charge is -2.38. The van der Waals surface area contributed by atoms with Crippen molar-refractivity contribution in [2.24, 2.45) is 11.8 Å². The average molecular weight is 571 g/mol. The maximum absolute atomic E-state index is 14.6. The molecule has 8 heteroatoms. The number of aliphatic hydroxyl groups excluding tert-OH is 1. The van der Waals surface area contributed by atoms with Crippen molar-refractivity contribution in [2.75, 3.05) is 36.7 Å². The highest BCUT2D eigenvalue weighted by molar-refractivity contribution is 6.07. The number of rotatable bonds is 8. The van der Waals surface area contributed by atoms with Crippen LogP contribution in [-0.4, -0.2) is 50.1 Å². The molecule has 0 bridgehead atoms. The molecular weight excluding hydrogens is 532 g/mol. The van der Waals surface area contributed by atoms with E-state index >= 15 is 0 Å². The van der Waals surface area contributed by atoms with Gasteiger partial charge in [0.15, 0.2) is 5.60 Å². The molecule has 3 aliphatic heterocycles. The fourth-order valence-electron chi connectivity index (χ4n) is 7.41. The van der Waals surface area contributed by atoms with Gasteiger partial charge in [-0.3, -0.25) is 9.69 Å². The number of carbonyl (C=O) groups excluding carboxylic acids is 2. The van der Waals surface area contributed by atoms with Crippen LogP contribution in [0.3, 0.4) is 0 Å². The molecule has 2 fully saturated rings. The molecule has 42 heavy (non-hydrogen) atoms. The number of methoxy groups -OCH3 is 1. The van der Waals surface area contributed by atoms with Crippen LogP contribution in [0.5, 0.6) is 5.75 Å². The second-order valence-corrected chi connectivity index (χ2v) is 12.0.